The fourth-order valence-electron chi connectivity index (χ4n) is 5.69. The van der Waals surface area contributed by atoms with Gasteiger partial charge in [0.1, 0.15) is 29.8 Å². The number of hydrogen-bond acceptors (Lipinski definition) is 6. The van der Waals surface area contributed by atoms with Crippen LogP contribution < -0.4 is 15.0 Å². The molecule has 0 bridgehead atoms. The molecule has 1 aromatic heterocycles. The van der Waals surface area contributed by atoms with Crippen LogP contribution in [0, 0.1) is 5.82 Å². The molecule has 0 aliphatic carbocycles. The van der Waals surface area contributed by atoms with Crippen LogP contribution in [0.2, 0.25) is 5.02 Å². The predicted octanol–water partition coefficient (Wildman–Crippen LogP) is 5.61. The number of anilines is 1. The van der Waals surface area contributed by atoms with E-state index in [-0.39, 0.29) is 30.8 Å². The number of aromatic nitrogens is 2. The minimum atomic E-state index is -0.440. The van der Waals surface area contributed by atoms with Gasteiger partial charge >= 0.3 is 6.03 Å². The fraction of sp³-hybridized carbons (Fsp3) is 0.281. The van der Waals surface area contributed by atoms with Gasteiger partial charge in [0.2, 0.25) is 5.91 Å². The van der Waals surface area contributed by atoms with E-state index in [0.717, 1.165) is 23.5 Å². The molecule has 9 nitrogen and oxygen atoms in total. The SMILES string of the molecule is COC[C@@H]1c2cc(-c3ncc(N4CCC(=O)NC4=O)n3C)ccc2CN1Cc1ccc(OCc2c(F)cccc2Cl)cc1. The van der Waals surface area contributed by atoms with Crippen molar-refractivity contribution in [3.05, 3.63) is 100.0 Å². The second kappa shape index (κ2) is 12.2. The number of ether oxygens (including phenoxy) is 2. The maximum Gasteiger partial charge on any atom is 0.329 e. The van der Waals surface area contributed by atoms with Gasteiger partial charge in [-0.15, -0.1) is 0 Å². The lowest BCUT2D eigenvalue weighted by Crippen LogP contribution is -2.50. The Balaban J connectivity index is 1.16. The van der Waals surface area contributed by atoms with Crippen molar-refractivity contribution in [3.63, 3.8) is 0 Å². The zero-order valence-electron chi connectivity index (χ0n) is 23.8. The van der Waals surface area contributed by atoms with Crippen LogP contribution in [0.5, 0.6) is 5.75 Å². The Morgan fingerprint density at radius 3 is 2.67 bits per heavy atom. The van der Waals surface area contributed by atoms with Gasteiger partial charge in [0.25, 0.3) is 0 Å². The first-order chi connectivity index (χ1) is 20.8. The van der Waals surface area contributed by atoms with Crippen molar-refractivity contribution in [1.82, 2.24) is 19.8 Å². The average molecular weight is 604 g/mol. The van der Waals surface area contributed by atoms with E-state index in [1.54, 1.807) is 25.4 Å². The molecule has 0 unspecified atom stereocenters. The van der Waals surface area contributed by atoms with Gasteiger partial charge in [-0.1, -0.05) is 41.9 Å². The molecule has 6 rings (SSSR count). The Labute approximate surface area is 253 Å². The van der Waals surface area contributed by atoms with Gasteiger partial charge in [0.05, 0.1) is 23.9 Å². The maximum absolute atomic E-state index is 14.1. The van der Waals surface area contributed by atoms with Gasteiger partial charge in [-0.05, 0) is 47.0 Å². The van der Waals surface area contributed by atoms with Gasteiger partial charge in [0.15, 0.2) is 0 Å². The first kappa shape index (κ1) is 28.9. The minimum absolute atomic E-state index is 0.0395. The predicted molar refractivity (Wildman–Crippen MR) is 160 cm³/mol. The minimum Gasteiger partial charge on any atom is -0.489 e. The van der Waals surface area contributed by atoms with Gasteiger partial charge in [-0.3, -0.25) is 19.9 Å². The summed E-state index contributed by atoms with van der Waals surface area (Å²) in [5.74, 6) is 1.32. The van der Waals surface area contributed by atoms with Crippen molar-refractivity contribution < 1.29 is 23.5 Å². The molecule has 1 fully saturated rings. The number of imide groups is 1. The van der Waals surface area contributed by atoms with Crippen molar-refractivity contribution >= 4 is 29.4 Å². The van der Waals surface area contributed by atoms with Gasteiger partial charge in [-0.25, -0.2) is 14.2 Å². The van der Waals surface area contributed by atoms with Crippen LogP contribution in [0.4, 0.5) is 15.0 Å². The van der Waals surface area contributed by atoms with Crippen LogP contribution >= 0.6 is 11.6 Å². The third-order valence-electron chi connectivity index (χ3n) is 7.95. The molecule has 1 N–H and O–H groups in total. The molecule has 3 aromatic carbocycles. The van der Waals surface area contributed by atoms with E-state index in [4.69, 9.17) is 21.1 Å². The molecule has 1 saturated heterocycles. The molecule has 11 heteroatoms. The van der Waals surface area contributed by atoms with Crippen LogP contribution in [0.1, 0.15) is 34.7 Å². The number of urea groups is 1. The van der Waals surface area contributed by atoms with Gasteiger partial charge in [0, 0.05) is 51.3 Å². The van der Waals surface area contributed by atoms with Gasteiger partial charge in [-0.2, -0.15) is 0 Å². The molecular formula is C32H31ClFN5O4. The molecule has 43 heavy (non-hydrogen) atoms. The number of halogens is 2. The summed E-state index contributed by atoms with van der Waals surface area (Å²) >= 11 is 6.12. The number of hydrogen-bond donors (Lipinski definition) is 1. The van der Waals surface area contributed by atoms with E-state index in [1.165, 1.54) is 22.1 Å². The van der Waals surface area contributed by atoms with E-state index in [1.807, 2.05) is 41.9 Å². The Morgan fingerprint density at radius 2 is 1.93 bits per heavy atom. The number of nitrogens with zero attached hydrogens (tertiary/aromatic N) is 4. The van der Waals surface area contributed by atoms with Crippen LogP contribution in [0.3, 0.4) is 0 Å². The highest BCUT2D eigenvalue weighted by molar-refractivity contribution is 6.31. The van der Waals surface area contributed by atoms with Crippen LogP contribution in [-0.4, -0.2) is 46.7 Å². The Morgan fingerprint density at radius 1 is 1.12 bits per heavy atom. The standard InChI is InChI=1S/C32H31ClFN5O4/c1-37-30(39-13-12-29(40)36-32(39)41)15-35-31(37)21-8-9-22-17-38(28(19-42-2)24(22)14-21)16-20-6-10-23(11-7-20)43-18-25-26(33)4-3-5-27(25)34/h3-11,14-15,28H,12-13,16-19H2,1-2H3,(H,36,40,41)/t28-/m1/s1. The number of nitrogens with one attached hydrogen (secondary N) is 1. The lowest BCUT2D eigenvalue weighted by atomic mass is 10.0. The van der Waals surface area contributed by atoms with Crippen LogP contribution in [0.25, 0.3) is 11.4 Å². The van der Waals surface area contributed by atoms with E-state index < -0.39 is 6.03 Å². The summed E-state index contributed by atoms with van der Waals surface area (Å²) in [5.41, 5.74) is 4.76. The van der Waals surface area contributed by atoms with Crippen LogP contribution in [-0.2, 0) is 36.3 Å². The van der Waals surface area contributed by atoms with E-state index >= 15 is 0 Å². The number of rotatable bonds is 9. The highest BCUT2D eigenvalue weighted by Gasteiger charge is 2.32. The number of fused-ring (bicyclic) bond motifs is 1. The molecule has 0 radical (unpaired) electrons. The second-order valence-corrected chi connectivity index (χ2v) is 11.1. The second-order valence-electron chi connectivity index (χ2n) is 10.7. The number of carbonyl (C=O) groups is 2. The lowest BCUT2D eigenvalue weighted by Gasteiger charge is -2.26. The van der Waals surface area contributed by atoms with E-state index in [0.29, 0.717) is 41.8 Å². The number of amides is 3. The highest BCUT2D eigenvalue weighted by atomic mass is 35.5. The molecular weight excluding hydrogens is 573 g/mol. The summed E-state index contributed by atoms with van der Waals surface area (Å²) in [5, 5.41) is 2.71. The number of methoxy groups -OCH3 is 1. The van der Waals surface area contributed by atoms with E-state index in [2.05, 4.69) is 27.3 Å². The summed E-state index contributed by atoms with van der Waals surface area (Å²) < 4.78 is 27.4. The number of carbonyl (C=O) groups excluding carboxylic acids is 2. The quantitative estimate of drug-likeness (QED) is 0.268. The Kier molecular flexibility index (Phi) is 8.16. The summed E-state index contributed by atoms with van der Waals surface area (Å²) in [6.07, 6.45) is 1.91. The summed E-state index contributed by atoms with van der Waals surface area (Å²) in [6, 6.07) is 18.3. The monoisotopic (exact) mass is 603 g/mol. The first-order valence-corrected chi connectivity index (χ1v) is 14.3. The Bertz CT molecular complexity index is 1650. The molecule has 4 aromatic rings. The molecule has 0 saturated carbocycles. The third kappa shape index (κ3) is 5.86. The first-order valence-electron chi connectivity index (χ1n) is 14.0. The lowest BCUT2D eigenvalue weighted by molar-refractivity contribution is -0.120. The molecule has 3 heterocycles. The maximum atomic E-state index is 14.1. The third-order valence-corrected chi connectivity index (χ3v) is 8.30. The summed E-state index contributed by atoms with van der Waals surface area (Å²) in [6.45, 7) is 2.35. The smallest absolute Gasteiger partial charge is 0.329 e. The normalized spacial score (nSPS) is 16.8. The fourth-order valence-corrected chi connectivity index (χ4v) is 5.90. The van der Waals surface area contributed by atoms with Crippen molar-refractivity contribution in [2.75, 3.05) is 25.2 Å². The average Bonchev–Trinajstić information content (AvgIpc) is 3.53. The molecule has 2 aliphatic heterocycles. The zero-order valence-corrected chi connectivity index (χ0v) is 24.6. The van der Waals surface area contributed by atoms with Crippen molar-refractivity contribution in [3.8, 4) is 17.1 Å². The highest BCUT2D eigenvalue weighted by Crippen LogP contribution is 2.38. The summed E-state index contributed by atoms with van der Waals surface area (Å²) in [7, 11) is 3.57. The molecule has 222 valence electrons. The van der Waals surface area contributed by atoms with Crippen LogP contribution in [0.15, 0.2) is 66.9 Å². The Hall–Kier alpha value is -4.25. The molecule has 2 aliphatic rings. The van der Waals surface area contributed by atoms with Crippen molar-refractivity contribution in [2.24, 2.45) is 7.05 Å². The van der Waals surface area contributed by atoms with Crippen molar-refractivity contribution in [2.45, 2.75) is 32.2 Å². The van der Waals surface area contributed by atoms with E-state index in [9.17, 15) is 14.0 Å². The molecule has 1 atom stereocenters. The number of imidazole rings is 1. The molecule has 3 amide bonds. The number of benzene rings is 3. The zero-order chi connectivity index (χ0) is 30.1. The van der Waals surface area contributed by atoms with Gasteiger partial charge < -0.3 is 14.0 Å². The molecule has 0 spiro atoms. The largest absolute Gasteiger partial charge is 0.489 e. The topological polar surface area (TPSA) is 88.9 Å². The summed E-state index contributed by atoms with van der Waals surface area (Å²) in [4.78, 5) is 32.5. The van der Waals surface area contributed by atoms with Crippen molar-refractivity contribution in [1.29, 1.82) is 0 Å².